The third-order valence-electron chi connectivity index (χ3n) is 3.36. The van der Waals surface area contributed by atoms with Gasteiger partial charge in [0, 0.05) is 12.4 Å². The SMILES string of the molecule is O=C(NCC(F)(F)F)c1cnn(-c2ccc(F)cc2)c1-n1cccc1. The van der Waals surface area contributed by atoms with Gasteiger partial charge >= 0.3 is 6.18 Å². The molecule has 0 bridgehead atoms. The summed E-state index contributed by atoms with van der Waals surface area (Å²) in [5.41, 5.74) is 0.421. The van der Waals surface area contributed by atoms with E-state index in [-0.39, 0.29) is 11.4 Å². The lowest BCUT2D eigenvalue weighted by Gasteiger charge is -2.12. The van der Waals surface area contributed by atoms with E-state index < -0.39 is 24.4 Å². The van der Waals surface area contributed by atoms with Crippen LogP contribution in [0, 0.1) is 5.82 Å². The first-order chi connectivity index (χ1) is 11.8. The lowest BCUT2D eigenvalue weighted by atomic mass is 10.2. The maximum Gasteiger partial charge on any atom is 0.405 e. The van der Waals surface area contributed by atoms with Gasteiger partial charge in [-0.25, -0.2) is 9.07 Å². The lowest BCUT2D eigenvalue weighted by molar-refractivity contribution is -0.123. The highest BCUT2D eigenvalue weighted by Gasteiger charge is 2.29. The van der Waals surface area contributed by atoms with E-state index in [1.165, 1.54) is 35.1 Å². The molecular formula is C16H12F4N4O. The second-order valence-electron chi connectivity index (χ2n) is 5.16. The van der Waals surface area contributed by atoms with Crippen LogP contribution in [0.1, 0.15) is 10.4 Å². The minimum atomic E-state index is -4.52. The summed E-state index contributed by atoms with van der Waals surface area (Å²) in [5.74, 6) is -1.10. The molecule has 1 aromatic carbocycles. The van der Waals surface area contributed by atoms with Crippen molar-refractivity contribution in [2.75, 3.05) is 6.54 Å². The molecule has 0 fully saturated rings. The van der Waals surface area contributed by atoms with Crippen LogP contribution in [0.25, 0.3) is 11.5 Å². The maximum absolute atomic E-state index is 13.1. The molecule has 25 heavy (non-hydrogen) atoms. The Morgan fingerprint density at radius 1 is 1.12 bits per heavy atom. The molecule has 0 saturated heterocycles. The first-order valence-electron chi connectivity index (χ1n) is 7.17. The van der Waals surface area contributed by atoms with E-state index in [9.17, 15) is 22.4 Å². The highest BCUT2D eigenvalue weighted by Crippen LogP contribution is 2.21. The van der Waals surface area contributed by atoms with Gasteiger partial charge in [0.25, 0.3) is 5.91 Å². The van der Waals surface area contributed by atoms with E-state index in [4.69, 9.17) is 0 Å². The molecule has 130 valence electrons. The van der Waals surface area contributed by atoms with E-state index in [2.05, 4.69) is 5.10 Å². The van der Waals surface area contributed by atoms with E-state index in [1.54, 1.807) is 29.1 Å². The lowest BCUT2D eigenvalue weighted by Crippen LogP contribution is -2.34. The van der Waals surface area contributed by atoms with Crippen molar-refractivity contribution >= 4 is 5.91 Å². The van der Waals surface area contributed by atoms with Crippen molar-refractivity contribution in [1.29, 1.82) is 0 Å². The van der Waals surface area contributed by atoms with Crippen LogP contribution in [0.2, 0.25) is 0 Å². The van der Waals surface area contributed by atoms with Gasteiger partial charge in [-0.15, -0.1) is 0 Å². The molecule has 0 aliphatic rings. The smallest absolute Gasteiger partial charge is 0.343 e. The summed E-state index contributed by atoms with van der Waals surface area (Å²) in [4.78, 5) is 12.2. The first-order valence-corrected chi connectivity index (χ1v) is 7.17. The highest BCUT2D eigenvalue weighted by atomic mass is 19.4. The Kier molecular flexibility index (Phi) is 4.30. The second-order valence-corrected chi connectivity index (χ2v) is 5.16. The monoisotopic (exact) mass is 352 g/mol. The molecule has 0 aliphatic carbocycles. The van der Waals surface area contributed by atoms with Crippen molar-refractivity contribution in [3.8, 4) is 11.5 Å². The Bertz CT molecular complexity index is 867. The van der Waals surface area contributed by atoms with Crippen molar-refractivity contribution in [2.45, 2.75) is 6.18 Å². The minimum absolute atomic E-state index is 0.0372. The molecule has 1 N–H and O–H groups in total. The highest BCUT2D eigenvalue weighted by molar-refractivity contribution is 5.97. The Morgan fingerprint density at radius 2 is 1.76 bits per heavy atom. The average Bonchev–Trinajstić information content (AvgIpc) is 3.21. The van der Waals surface area contributed by atoms with Gasteiger partial charge in [0.05, 0.1) is 11.9 Å². The summed E-state index contributed by atoms with van der Waals surface area (Å²) < 4.78 is 53.0. The van der Waals surface area contributed by atoms with Crippen LogP contribution in [0.15, 0.2) is 55.0 Å². The molecule has 5 nitrogen and oxygen atoms in total. The largest absolute Gasteiger partial charge is 0.405 e. The van der Waals surface area contributed by atoms with Crippen LogP contribution < -0.4 is 5.32 Å². The molecular weight excluding hydrogens is 340 g/mol. The molecule has 0 aliphatic heterocycles. The van der Waals surface area contributed by atoms with E-state index >= 15 is 0 Å². The summed E-state index contributed by atoms with van der Waals surface area (Å²) in [5, 5.41) is 5.89. The third kappa shape index (κ3) is 3.70. The molecule has 3 aromatic rings. The molecule has 0 spiro atoms. The van der Waals surface area contributed by atoms with Gasteiger partial charge in [-0.3, -0.25) is 4.79 Å². The predicted molar refractivity (Wildman–Crippen MR) is 81.2 cm³/mol. The summed E-state index contributed by atoms with van der Waals surface area (Å²) in [6, 6.07) is 8.73. The standard InChI is InChI=1S/C16H12F4N4O/c17-11-3-5-12(6-4-11)24-15(23-7-1-2-8-23)13(9-22-24)14(25)21-10-16(18,19)20/h1-9H,10H2,(H,21,25). The number of aromatic nitrogens is 3. The van der Waals surface area contributed by atoms with Crippen molar-refractivity contribution in [2.24, 2.45) is 0 Å². The van der Waals surface area contributed by atoms with Gasteiger partial charge in [-0.05, 0) is 36.4 Å². The fourth-order valence-corrected chi connectivity index (χ4v) is 2.27. The molecule has 0 radical (unpaired) electrons. The van der Waals surface area contributed by atoms with Crippen LogP contribution in [0.5, 0.6) is 0 Å². The molecule has 0 unspecified atom stereocenters. The van der Waals surface area contributed by atoms with Gasteiger partial charge in [0.1, 0.15) is 17.9 Å². The van der Waals surface area contributed by atoms with Crippen molar-refractivity contribution in [3.63, 3.8) is 0 Å². The molecule has 3 rings (SSSR count). The first kappa shape index (κ1) is 16.7. The average molecular weight is 352 g/mol. The number of amides is 1. The summed E-state index contributed by atoms with van der Waals surface area (Å²) >= 11 is 0. The van der Waals surface area contributed by atoms with Crippen LogP contribution in [-0.4, -0.2) is 33.0 Å². The number of carbonyl (C=O) groups is 1. The zero-order chi connectivity index (χ0) is 18.0. The Hall–Kier alpha value is -3.10. The molecule has 1 amide bonds. The number of halogens is 4. The topological polar surface area (TPSA) is 51.9 Å². The summed E-state index contributed by atoms with van der Waals surface area (Å²) in [6.07, 6.45) is -0.101. The zero-order valence-electron chi connectivity index (χ0n) is 12.7. The van der Waals surface area contributed by atoms with E-state index in [0.717, 1.165) is 0 Å². The zero-order valence-corrected chi connectivity index (χ0v) is 12.7. The molecule has 0 saturated carbocycles. The number of benzene rings is 1. The van der Waals surface area contributed by atoms with Crippen LogP contribution in [0.3, 0.4) is 0 Å². The van der Waals surface area contributed by atoms with Gasteiger partial charge in [0.2, 0.25) is 0 Å². The number of nitrogens with one attached hydrogen (secondary N) is 1. The number of nitrogens with zero attached hydrogens (tertiary/aromatic N) is 3. The number of alkyl halides is 3. The van der Waals surface area contributed by atoms with Crippen molar-refractivity contribution < 1.29 is 22.4 Å². The summed E-state index contributed by atoms with van der Waals surface area (Å²) in [7, 11) is 0. The molecule has 9 heteroatoms. The van der Waals surface area contributed by atoms with Gasteiger partial charge in [-0.2, -0.15) is 18.3 Å². The predicted octanol–water partition coefficient (Wildman–Crippen LogP) is 3.09. The number of rotatable bonds is 4. The normalized spacial score (nSPS) is 11.5. The molecule has 2 aromatic heterocycles. The van der Waals surface area contributed by atoms with Gasteiger partial charge in [-0.1, -0.05) is 0 Å². The van der Waals surface area contributed by atoms with Crippen molar-refractivity contribution in [3.05, 3.63) is 66.4 Å². The third-order valence-corrected chi connectivity index (χ3v) is 3.36. The van der Waals surface area contributed by atoms with Crippen LogP contribution in [-0.2, 0) is 0 Å². The Balaban J connectivity index is 2.02. The van der Waals surface area contributed by atoms with Crippen LogP contribution >= 0.6 is 0 Å². The van der Waals surface area contributed by atoms with Crippen molar-refractivity contribution in [1.82, 2.24) is 19.7 Å². The fourth-order valence-electron chi connectivity index (χ4n) is 2.27. The second kappa shape index (κ2) is 6.42. The minimum Gasteiger partial charge on any atom is -0.343 e. The number of hydrogen-bond donors (Lipinski definition) is 1. The van der Waals surface area contributed by atoms with Crippen LogP contribution in [0.4, 0.5) is 17.6 Å². The van der Waals surface area contributed by atoms with E-state index in [1.807, 2.05) is 5.32 Å². The van der Waals surface area contributed by atoms with Gasteiger partial charge < -0.3 is 9.88 Å². The number of hydrogen-bond acceptors (Lipinski definition) is 2. The Labute approximate surface area is 139 Å². The fraction of sp³-hybridized carbons (Fsp3) is 0.125. The Morgan fingerprint density at radius 3 is 2.36 bits per heavy atom. The summed E-state index contributed by atoms with van der Waals surface area (Å²) in [6.45, 7) is -1.45. The number of carbonyl (C=O) groups excluding carboxylic acids is 1. The molecule has 0 atom stereocenters. The quantitative estimate of drug-likeness (QED) is 0.734. The van der Waals surface area contributed by atoms with Gasteiger partial charge in [0.15, 0.2) is 5.82 Å². The molecule has 2 heterocycles. The maximum atomic E-state index is 13.1. The van der Waals surface area contributed by atoms with E-state index in [0.29, 0.717) is 5.69 Å².